The second-order valence-electron chi connectivity index (χ2n) is 3.28. The van der Waals surface area contributed by atoms with Crippen LogP contribution in [0.5, 0.6) is 0 Å². The van der Waals surface area contributed by atoms with Gasteiger partial charge in [0.1, 0.15) is 0 Å². The van der Waals surface area contributed by atoms with Crippen LogP contribution in [0.25, 0.3) is 0 Å². The topological polar surface area (TPSA) is 26.3 Å². The molecular formula is C11H14O2S. The molecule has 0 fully saturated rings. The first kappa shape index (κ1) is 11.1. The van der Waals surface area contributed by atoms with E-state index < -0.39 is 0 Å². The van der Waals surface area contributed by atoms with Gasteiger partial charge in [0, 0.05) is 4.90 Å². The molecule has 2 nitrogen and oxygen atoms in total. The molecule has 3 heteroatoms. The van der Waals surface area contributed by atoms with Gasteiger partial charge in [0.05, 0.1) is 7.11 Å². The molecule has 0 radical (unpaired) electrons. The smallest absolute Gasteiger partial charge is 0.371 e. The summed E-state index contributed by atoms with van der Waals surface area (Å²) in [7, 11) is 1.39. The number of rotatable bonds is 2. The fourth-order valence-electron chi connectivity index (χ4n) is 1.06. The van der Waals surface area contributed by atoms with Gasteiger partial charge in [-0.25, -0.2) is 4.79 Å². The summed E-state index contributed by atoms with van der Waals surface area (Å²) in [4.78, 5) is 11.9. The molecule has 0 heterocycles. The SMILES string of the molecule is COC(=O)Sc1ccc(C(C)C)cc1. The van der Waals surface area contributed by atoms with E-state index in [9.17, 15) is 4.79 Å². The van der Waals surface area contributed by atoms with Gasteiger partial charge in [-0.2, -0.15) is 0 Å². The maximum Gasteiger partial charge on any atom is 0.371 e. The largest absolute Gasteiger partial charge is 0.461 e. The van der Waals surface area contributed by atoms with Crippen LogP contribution >= 0.6 is 11.8 Å². The first-order valence-electron chi connectivity index (χ1n) is 4.49. The summed E-state index contributed by atoms with van der Waals surface area (Å²) >= 11 is 1.10. The van der Waals surface area contributed by atoms with Crippen molar-refractivity contribution in [2.75, 3.05) is 7.11 Å². The first-order valence-corrected chi connectivity index (χ1v) is 5.31. The lowest BCUT2D eigenvalue weighted by Gasteiger charge is -2.05. The molecular weight excluding hydrogens is 196 g/mol. The molecule has 14 heavy (non-hydrogen) atoms. The second-order valence-corrected chi connectivity index (χ2v) is 4.29. The Morgan fingerprint density at radius 2 is 1.86 bits per heavy atom. The van der Waals surface area contributed by atoms with Gasteiger partial charge in [0.15, 0.2) is 0 Å². The van der Waals surface area contributed by atoms with E-state index >= 15 is 0 Å². The van der Waals surface area contributed by atoms with E-state index in [1.54, 1.807) is 0 Å². The predicted molar refractivity (Wildman–Crippen MR) is 58.8 cm³/mol. The molecule has 0 unspecified atom stereocenters. The van der Waals surface area contributed by atoms with Crippen molar-refractivity contribution in [2.24, 2.45) is 0 Å². The quantitative estimate of drug-likeness (QED) is 0.550. The van der Waals surface area contributed by atoms with Crippen LogP contribution < -0.4 is 0 Å². The summed E-state index contributed by atoms with van der Waals surface area (Å²) in [5.41, 5.74) is 1.28. The average molecular weight is 210 g/mol. The summed E-state index contributed by atoms with van der Waals surface area (Å²) in [6.07, 6.45) is 0. The standard InChI is InChI=1S/C11H14O2S/c1-8(2)9-4-6-10(7-5-9)14-11(12)13-3/h4-8H,1-3H3. The Morgan fingerprint density at radius 1 is 1.29 bits per heavy atom. The zero-order chi connectivity index (χ0) is 10.6. The summed E-state index contributed by atoms with van der Waals surface area (Å²) in [6, 6.07) is 7.96. The zero-order valence-electron chi connectivity index (χ0n) is 8.61. The molecule has 0 bridgehead atoms. The lowest BCUT2D eigenvalue weighted by Crippen LogP contribution is -1.91. The molecule has 0 aliphatic carbocycles. The summed E-state index contributed by atoms with van der Waals surface area (Å²) in [5, 5.41) is -0.276. The third-order valence-corrected chi connectivity index (χ3v) is 2.76. The van der Waals surface area contributed by atoms with Crippen molar-refractivity contribution in [1.82, 2.24) is 0 Å². The van der Waals surface area contributed by atoms with Crippen molar-refractivity contribution < 1.29 is 9.53 Å². The lowest BCUT2D eigenvalue weighted by molar-refractivity contribution is 0.200. The van der Waals surface area contributed by atoms with Gasteiger partial charge < -0.3 is 4.74 Å². The highest BCUT2D eigenvalue weighted by molar-refractivity contribution is 8.13. The van der Waals surface area contributed by atoms with Gasteiger partial charge in [0.25, 0.3) is 0 Å². The van der Waals surface area contributed by atoms with Crippen LogP contribution in [0.1, 0.15) is 25.3 Å². The minimum atomic E-state index is -0.276. The average Bonchev–Trinajstić information content (AvgIpc) is 2.18. The Balaban J connectivity index is 2.69. The highest BCUT2D eigenvalue weighted by Gasteiger charge is 2.04. The Morgan fingerprint density at radius 3 is 2.29 bits per heavy atom. The van der Waals surface area contributed by atoms with Gasteiger partial charge in [-0.1, -0.05) is 26.0 Å². The Labute approximate surface area is 88.7 Å². The number of thioether (sulfide) groups is 1. The minimum absolute atomic E-state index is 0.276. The highest BCUT2D eigenvalue weighted by Crippen LogP contribution is 2.22. The lowest BCUT2D eigenvalue weighted by atomic mass is 10.0. The molecule has 0 saturated carbocycles. The molecule has 76 valence electrons. The predicted octanol–water partition coefficient (Wildman–Crippen LogP) is 3.67. The van der Waals surface area contributed by atoms with Crippen molar-refractivity contribution in [3.05, 3.63) is 29.8 Å². The van der Waals surface area contributed by atoms with E-state index in [1.165, 1.54) is 12.7 Å². The molecule has 0 aliphatic heterocycles. The minimum Gasteiger partial charge on any atom is -0.461 e. The van der Waals surface area contributed by atoms with Gasteiger partial charge >= 0.3 is 5.30 Å². The molecule has 0 amide bonds. The normalized spacial score (nSPS) is 10.3. The number of hydrogen-bond donors (Lipinski definition) is 0. The third-order valence-electron chi connectivity index (χ3n) is 1.91. The van der Waals surface area contributed by atoms with Crippen LogP contribution in [-0.4, -0.2) is 12.4 Å². The van der Waals surface area contributed by atoms with E-state index in [1.807, 2.05) is 24.3 Å². The molecule has 0 aromatic heterocycles. The molecule has 0 spiro atoms. The van der Waals surface area contributed by atoms with Crippen LogP contribution in [0.3, 0.4) is 0 Å². The summed E-state index contributed by atoms with van der Waals surface area (Å²) < 4.78 is 4.56. The first-order chi connectivity index (χ1) is 6.63. The number of ether oxygens (including phenoxy) is 1. The number of carbonyl (C=O) groups is 1. The van der Waals surface area contributed by atoms with Crippen molar-refractivity contribution in [1.29, 1.82) is 0 Å². The van der Waals surface area contributed by atoms with Crippen molar-refractivity contribution in [2.45, 2.75) is 24.7 Å². The third kappa shape index (κ3) is 3.07. The van der Waals surface area contributed by atoms with Crippen LogP contribution in [0.15, 0.2) is 29.2 Å². The summed E-state index contributed by atoms with van der Waals surface area (Å²) in [5.74, 6) is 0.521. The Bertz CT molecular complexity index is 304. The Kier molecular flexibility index (Phi) is 4.01. The fourth-order valence-corrected chi connectivity index (χ4v) is 1.61. The maximum atomic E-state index is 10.9. The van der Waals surface area contributed by atoms with Gasteiger partial charge in [-0.3, -0.25) is 0 Å². The molecule has 0 atom stereocenters. The summed E-state index contributed by atoms with van der Waals surface area (Å²) in [6.45, 7) is 4.28. The van der Waals surface area contributed by atoms with Crippen LogP contribution in [0.2, 0.25) is 0 Å². The number of benzene rings is 1. The fraction of sp³-hybridized carbons (Fsp3) is 0.364. The maximum absolute atomic E-state index is 10.9. The van der Waals surface area contributed by atoms with Gasteiger partial charge in [0.2, 0.25) is 0 Å². The van der Waals surface area contributed by atoms with Gasteiger partial charge in [-0.15, -0.1) is 0 Å². The second kappa shape index (κ2) is 5.05. The molecule has 1 aromatic rings. The van der Waals surface area contributed by atoms with Crippen LogP contribution in [0.4, 0.5) is 4.79 Å². The van der Waals surface area contributed by atoms with Gasteiger partial charge in [-0.05, 0) is 35.4 Å². The number of methoxy groups -OCH3 is 1. The molecule has 1 aromatic carbocycles. The molecule has 0 saturated heterocycles. The molecule has 1 rings (SSSR count). The van der Waals surface area contributed by atoms with Crippen molar-refractivity contribution >= 4 is 17.1 Å². The van der Waals surface area contributed by atoms with E-state index in [4.69, 9.17) is 0 Å². The molecule has 0 aliphatic rings. The highest BCUT2D eigenvalue weighted by atomic mass is 32.2. The van der Waals surface area contributed by atoms with Crippen molar-refractivity contribution in [3.8, 4) is 0 Å². The molecule has 0 N–H and O–H groups in total. The van der Waals surface area contributed by atoms with Crippen LogP contribution in [0, 0.1) is 0 Å². The number of carbonyl (C=O) groups excluding carboxylic acids is 1. The van der Waals surface area contributed by atoms with E-state index in [0.29, 0.717) is 5.92 Å². The monoisotopic (exact) mass is 210 g/mol. The van der Waals surface area contributed by atoms with E-state index in [2.05, 4.69) is 18.6 Å². The van der Waals surface area contributed by atoms with E-state index in [0.717, 1.165) is 16.7 Å². The van der Waals surface area contributed by atoms with Crippen molar-refractivity contribution in [3.63, 3.8) is 0 Å². The Hall–Kier alpha value is -0.960. The van der Waals surface area contributed by atoms with E-state index in [-0.39, 0.29) is 5.30 Å². The van der Waals surface area contributed by atoms with Crippen LogP contribution in [-0.2, 0) is 4.74 Å². The number of hydrogen-bond acceptors (Lipinski definition) is 3. The zero-order valence-corrected chi connectivity index (χ0v) is 9.43.